The minimum absolute atomic E-state index is 0.223. The molecule has 0 amide bonds. The zero-order valence-electron chi connectivity index (χ0n) is 9.43. The van der Waals surface area contributed by atoms with Gasteiger partial charge in [0.25, 0.3) is 0 Å². The van der Waals surface area contributed by atoms with Crippen LogP contribution >= 0.6 is 0 Å². The van der Waals surface area contributed by atoms with Crippen LogP contribution in [0.5, 0.6) is 5.75 Å². The number of rotatable bonds is 5. The number of hydrogen-bond donors (Lipinski definition) is 3. The Morgan fingerprint density at radius 2 is 2.12 bits per heavy atom. The SMILES string of the molecule is CCC1CN1NCC(O)c1ccc(O)cc1. The van der Waals surface area contributed by atoms with Crippen molar-refractivity contribution in [3.8, 4) is 5.75 Å². The molecular formula is C12H18N2O2. The van der Waals surface area contributed by atoms with Crippen LogP contribution < -0.4 is 5.43 Å². The monoisotopic (exact) mass is 222 g/mol. The number of phenolic OH excluding ortho intramolecular Hbond substituents is 1. The Balaban J connectivity index is 1.79. The molecule has 0 radical (unpaired) electrons. The second kappa shape index (κ2) is 4.82. The fraction of sp³-hybridized carbons (Fsp3) is 0.500. The Hall–Kier alpha value is -1.10. The number of nitrogens with one attached hydrogen (secondary N) is 1. The number of aliphatic hydroxyl groups is 1. The predicted octanol–water partition coefficient (Wildman–Crippen LogP) is 1.02. The highest BCUT2D eigenvalue weighted by molar-refractivity contribution is 5.27. The fourth-order valence-electron chi connectivity index (χ4n) is 1.74. The molecule has 3 N–H and O–H groups in total. The van der Waals surface area contributed by atoms with Crippen LogP contribution in [0.1, 0.15) is 25.0 Å². The number of nitrogens with zero attached hydrogens (tertiary/aromatic N) is 1. The van der Waals surface area contributed by atoms with Gasteiger partial charge in [0, 0.05) is 19.1 Å². The van der Waals surface area contributed by atoms with Crippen molar-refractivity contribution >= 4 is 0 Å². The van der Waals surface area contributed by atoms with E-state index in [9.17, 15) is 5.11 Å². The third kappa shape index (κ3) is 2.72. The maximum absolute atomic E-state index is 9.88. The molecule has 0 bridgehead atoms. The fourth-order valence-corrected chi connectivity index (χ4v) is 1.74. The van der Waals surface area contributed by atoms with Crippen molar-refractivity contribution in [3.63, 3.8) is 0 Å². The minimum Gasteiger partial charge on any atom is -0.508 e. The van der Waals surface area contributed by atoms with E-state index in [1.54, 1.807) is 24.3 Å². The van der Waals surface area contributed by atoms with Crippen LogP contribution in [-0.4, -0.2) is 34.4 Å². The highest BCUT2D eigenvalue weighted by atomic mass is 16.3. The largest absolute Gasteiger partial charge is 0.508 e. The quantitative estimate of drug-likeness (QED) is 0.651. The standard InChI is InChI=1S/C12H18N2O2/c1-2-10-8-14(10)13-7-12(16)9-3-5-11(15)6-4-9/h3-6,10,12-13,15-16H,2,7-8H2,1H3. The van der Waals surface area contributed by atoms with E-state index < -0.39 is 6.10 Å². The summed E-state index contributed by atoms with van der Waals surface area (Å²) in [7, 11) is 0. The molecule has 16 heavy (non-hydrogen) atoms. The molecule has 2 rings (SSSR count). The lowest BCUT2D eigenvalue weighted by Crippen LogP contribution is -2.28. The molecule has 1 aromatic rings. The van der Waals surface area contributed by atoms with E-state index in [1.165, 1.54) is 0 Å². The van der Waals surface area contributed by atoms with Crippen molar-refractivity contribution in [2.24, 2.45) is 0 Å². The van der Waals surface area contributed by atoms with Crippen LogP contribution in [0, 0.1) is 0 Å². The Morgan fingerprint density at radius 1 is 1.44 bits per heavy atom. The molecule has 1 heterocycles. The topological polar surface area (TPSA) is 55.5 Å². The molecule has 1 aliphatic heterocycles. The summed E-state index contributed by atoms with van der Waals surface area (Å²) < 4.78 is 0. The summed E-state index contributed by atoms with van der Waals surface area (Å²) in [5.41, 5.74) is 4.01. The molecular weight excluding hydrogens is 204 g/mol. The van der Waals surface area contributed by atoms with Gasteiger partial charge in [0.1, 0.15) is 5.75 Å². The molecule has 0 spiro atoms. The molecule has 4 nitrogen and oxygen atoms in total. The summed E-state index contributed by atoms with van der Waals surface area (Å²) in [6.07, 6.45) is 0.612. The van der Waals surface area contributed by atoms with Crippen LogP contribution in [-0.2, 0) is 0 Å². The summed E-state index contributed by atoms with van der Waals surface area (Å²) >= 11 is 0. The lowest BCUT2D eigenvalue weighted by Gasteiger charge is -2.13. The van der Waals surface area contributed by atoms with Gasteiger partial charge in [-0.15, -0.1) is 0 Å². The molecule has 1 aliphatic rings. The minimum atomic E-state index is -0.529. The Kier molecular flexibility index (Phi) is 3.43. The van der Waals surface area contributed by atoms with Crippen molar-refractivity contribution in [2.75, 3.05) is 13.1 Å². The highest BCUT2D eigenvalue weighted by Crippen LogP contribution is 2.19. The van der Waals surface area contributed by atoms with Gasteiger partial charge in [-0.1, -0.05) is 19.1 Å². The van der Waals surface area contributed by atoms with E-state index in [0.717, 1.165) is 18.5 Å². The molecule has 0 aromatic heterocycles. The Bertz CT molecular complexity index is 339. The van der Waals surface area contributed by atoms with Crippen LogP contribution in [0.4, 0.5) is 0 Å². The molecule has 0 aliphatic carbocycles. The number of hydrogen-bond acceptors (Lipinski definition) is 4. The molecule has 0 saturated carbocycles. The van der Waals surface area contributed by atoms with Crippen LogP contribution in [0.3, 0.4) is 0 Å². The van der Waals surface area contributed by atoms with Crippen molar-refractivity contribution < 1.29 is 10.2 Å². The molecule has 4 heteroatoms. The smallest absolute Gasteiger partial charge is 0.115 e. The van der Waals surface area contributed by atoms with E-state index in [2.05, 4.69) is 17.4 Å². The summed E-state index contributed by atoms with van der Waals surface area (Å²) in [5.74, 6) is 0.223. The zero-order chi connectivity index (χ0) is 11.5. The first-order valence-electron chi connectivity index (χ1n) is 5.68. The van der Waals surface area contributed by atoms with Crippen LogP contribution in [0.2, 0.25) is 0 Å². The van der Waals surface area contributed by atoms with Crippen LogP contribution in [0.25, 0.3) is 0 Å². The third-order valence-corrected chi connectivity index (χ3v) is 2.95. The average molecular weight is 222 g/mol. The number of benzene rings is 1. The van der Waals surface area contributed by atoms with Gasteiger partial charge in [0.2, 0.25) is 0 Å². The zero-order valence-corrected chi connectivity index (χ0v) is 9.43. The van der Waals surface area contributed by atoms with Gasteiger partial charge < -0.3 is 10.2 Å². The summed E-state index contributed by atoms with van der Waals surface area (Å²) in [6, 6.07) is 7.28. The first kappa shape index (κ1) is 11.4. The van der Waals surface area contributed by atoms with Crippen molar-refractivity contribution in [1.29, 1.82) is 0 Å². The van der Waals surface area contributed by atoms with Gasteiger partial charge in [-0.05, 0) is 24.1 Å². The maximum atomic E-state index is 9.88. The van der Waals surface area contributed by atoms with Gasteiger partial charge in [-0.25, -0.2) is 5.01 Å². The molecule has 1 aromatic carbocycles. The van der Waals surface area contributed by atoms with E-state index in [1.807, 2.05) is 0 Å². The third-order valence-electron chi connectivity index (χ3n) is 2.95. The summed E-state index contributed by atoms with van der Waals surface area (Å²) in [4.78, 5) is 0. The predicted molar refractivity (Wildman–Crippen MR) is 61.9 cm³/mol. The average Bonchev–Trinajstić information content (AvgIpc) is 3.05. The maximum Gasteiger partial charge on any atom is 0.115 e. The lowest BCUT2D eigenvalue weighted by atomic mass is 10.1. The first-order valence-corrected chi connectivity index (χ1v) is 5.68. The highest BCUT2D eigenvalue weighted by Gasteiger charge is 2.31. The van der Waals surface area contributed by atoms with Gasteiger partial charge in [-0.2, -0.15) is 0 Å². The molecule has 3 atom stereocenters. The van der Waals surface area contributed by atoms with Crippen LogP contribution in [0.15, 0.2) is 24.3 Å². The Labute approximate surface area is 95.5 Å². The molecule has 88 valence electrons. The first-order chi connectivity index (χ1) is 7.70. The van der Waals surface area contributed by atoms with Gasteiger partial charge >= 0.3 is 0 Å². The summed E-state index contributed by atoms with van der Waals surface area (Å²) in [5, 5.41) is 21.1. The number of aromatic hydroxyl groups is 1. The van der Waals surface area contributed by atoms with E-state index in [-0.39, 0.29) is 5.75 Å². The van der Waals surface area contributed by atoms with Crippen molar-refractivity contribution in [3.05, 3.63) is 29.8 Å². The number of phenols is 1. The van der Waals surface area contributed by atoms with Gasteiger partial charge in [0.15, 0.2) is 0 Å². The second-order valence-electron chi connectivity index (χ2n) is 4.18. The Morgan fingerprint density at radius 3 is 2.69 bits per heavy atom. The van der Waals surface area contributed by atoms with Gasteiger partial charge in [-0.3, -0.25) is 5.43 Å². The molecule has 1 saturated heterocycles. The molecule has 1 fully saturated rings. The second-order valence-corrected chi connectivity index (χ2v) is 4.18. The van der Waals surface area contributed by atoms with E-state index in [0.29, 0.717) is 12.6 Å². The molecule has 3 unspecified atom stereocenters. The number of hydrazine groups is 1. The van der Waals surface area contributed by atoms with Gasteiger partial charge in [0.05, 0.1) is 6.10 Å². The van der Waals surface area contributed by atoms with E-state index >= 15 is 0 Å². The number of aliphatic hydroxyl groups excluding tert-OH is 1. The lowest BCUT2D eigenvalue weighted by molar-refractivity contribution is 0.154. The van der Waals surface area contributed by atoms with Crippen molar-refractivity contribution in [1.82, 2.24) is 10.4 Å². The van der Waals surface area contributed by atoms with E-state index in [4.69, 9.17) is 5.11 Å². The summed E-state index contributed by atoms with van der Waals surface area (Å²) in [6.45, 7) is 3.74. The normalized spacial score (nSPS) is 25.4. The van der Waals surface area contributed by atoms with Crippen molar-refractivity contribution in [2.45, 2.75) is 25.5 Å².